The third-order valence-electron chi connectivity index (χ3n) is 10.9. The van der Waals surface area contributed by atoms with Gasteiger partial charge in [-0.05, 0) is 94.2 Å². The van der Waals surface area contributed by atoms with E-state index in [4.69, 9.17) is 13.9 Å². The Labute approximate surface area is 239 Å². The summed E-state index contributed by atoms with van der Waals surface area (Å²) < 4.78 is 26.2. The monoisotopic (exact) mass is 559 g/mol. The van der Waals surface area contributed by atoms with E-state index in [1.54, 1.807) is 0 Å². The number of benzene rings is 1. The highest BCUT2D eigenvalue weighted by Crippen LogP contribution is 2.70. The first-order valence-corrected chi connectivity index (χ1v) is 15.3. The van der Waals surface area contributed by atoms with Crippen molar-refractivity contribution in [3.63, 3.8) is 0 Å². The van der Waals surface area contributed by atoms with Crippen molar-refractivity contribution in [2.75, 3.05) is 11.4 Å². The van der Waals surface area contributed by atoms with Crippen LogP contribution in [0, 0.1) is 10.8 Å². The predicted octanol–water partition coefficient (Wildman–Crippen LogP) is 6.81. The number of alkyl halides is 1. The Morgan fingerprint density at radius 1 is 1.05 bits per heavy atom. The van der Waals surface area contributed by atoms with Crippen LogP contribution in [0.5, 0.6) is 0 Å². The Balaban J connectivity index is 1.07. The summed E-state index contributed by atoms with van der Waals surface area (Å²) >= 11 is 0. The van der Waals surface area contributed by atoms with Gasteiger partial charge in [0.05, 0.1) is 5.41 Å². The summed E-state index contributed by atoms with van der Waals surface area (Å²) in [5.74, 6) is 3.18. The van der Waals surface area contributed by atoms with Gasteiger partial charge < -0.3 is 13.8 Å². The minimum Gasteiger partial charge on any atom is -0.420 e. The number of hydrogen-bond donors (Lipinski definition) is 0. The molecule has 0 N–H and O–H groups in total. The highest BCUT2D eigenvalue weighted by atomic mass is 19.1. The van der Waals surface area contributed by atoms with Crippen LogP contribution in [-0.4, -0.2) is 38.5 Å². The van der Waals surface area contributed by atoms with Crippen LogP contribution in [-0.2, 0) is 15.6 Å². The Kier molecular flexibility index (Phi) is 5.15. The van der Waals surface area contributed by atoms with E-state index in [1.807, 2.05) is 29.2 Å². The van der Waals surface area contributed by atoms with Gasteiger partial charge in [-0.25, -0.2) is 4.39 Å². The number of aromatic nitrogens is 4. The maximum atomic E-state index is 14.6. The molecule has 0 saturated heterocycles. The minimum absolute atomic E-state index is 0.0184. The van der Waals surface area contributed by atoms with Gasteiger partial charge in [-0.2, -0.15) is 4.98 Å². The van der Waals surface area contributed by atoms with Crippen LogP contribution < -0.4 is 4.90 Å². The number of carbonyl (C=O) groups excluding carboxylic acids is 1. The van der Waals surface area contributed by atoms with Gasteiger partial charge in [-0.15, -0.1) is 10.2 Å². The summed E-state index contributed by atoms with van der Waals surface area (Å²) in [6.07, 6.45) is 9.23. The summed E-state index contributed by atoms with van der Waals surface area (Å²) in [5.41, 5.74) is -0.233. The van der Waals surface area contributed by atoms with Crippen LogP contribution in [0.1, 0.15) is 115 Å². The van der Waals surface area contributed by atoms with Crippen LogP contribution in [0.15, 0.2) is 33.2 Å². The second-order valence-corrected chi connectivity index (χ2v) is 15.1. The van der Waals surface area contributed by atoms with Gasteiger partial charge in [0, 0.05) is 34.5 Å². The van der Waals surface area contributed by atoms with Crippen molar-refractivity contribution in [3.05, 3.63) is 41.9 Å². The molecule has 7 aliphatic carbocycles. The molecule has 7 saturated carbocycles. The fourth-order valence-electron chi connectivity index (χ4n) is 8.03. The van der Waals surface area contributed by atoms with E-state index >= 15 is 0 Å². The predicted molar refractivity (Wildman–Crippen MR) is 149 cm³/mol. The molecular formula is C32H38FN5O3. The van der Waals surface area contributed by atoms with Crippen molar-refractivity contribution < 1.29 is 18.1 Å². The number of amides is 1. The number of halogens is 1. The topological polar surface area (TPSA) is 98.2 Å². The quantitative estimate of drug-likeness (QED) is 0.313. The van der Waals surface area contributed by atoms with Gasteiger partial charge in [0.25, 0.3) is 0 Å². The lowest BCUT2D eigenvalue weighted by atomic mass is 9.41. The van der Waals surface area contributed by atoms with Crippen LogP contribution >= 0.6 is 0 Å². The summed E-state index contributed by atoms with van der Waals surface area (Å²) in [6, 6.07) is 7.91. The second-order valence-electron chi connectivity index (χ2n) is 15.1. The lowest BCUT2D eigenvalue weighted by molar-refractivity contribution is -0.211. The van der Waals surface area contributed by atoms with Crippen molar-refractivity contribution in [3.8, 4) is 11.5 Å². The second kappa shape index (κ2) is 8.26. The fourth-order valence-corrected chi connectivity index (χ4v) is 8.03. The molecule has 1 amide bonds. The Morgan fingerprint density at radius 3 is 2.37 bits per heavy atom. The molecule has 7 aliphatic rings. The summed E-state index contributed by atoms with van der Waals surface area (Å²) in [7, 11) is 0. The number of rotatable bonds is 7. The molecule has 41 heavy (non-hydrogen) atoms. The van der Waals surface area contributed by atoms with Crippen LogP contribution in [0.3, 0.4) is 0 Å². The zero-order valence-electron chi connectivity index (χ0n) is 24.2. The van der Waals surface area contributed by atoms with Gasteiger partial charge >= 0.3 is 0 Å². The Bertz CT molecular complexity index is 1490. The van der Waals surface area contributed by atoms with Crippen molar-refractivity contribution in [1.29, 1.82) is 0 Å². The molecule has 4 bridgehead atoms. The largest absolute Gasteiger partial charge is 0.420 e. The Hall–Kier alpha value is -3.10. The molecule has 3 aromatic rings. The van der Waals surface area contributed by atoms with E-state index in [-0.39, 0.29) is 22.2 Å². The third-order valence-corrected chi connectivity index (χ3v) is 10.9. The average molecular weight is 560 g/mol. The van der Waals surface area contributed by atoms with Gasteiger partial charge in [0.15, 0.2) is 5.82 Å². The van der Waals surface area contributed by atoms with Crippen LogP contribution in [0.2, 0.25) is 0 Å². The summed E-state index contributed by atoms with van der Waals surface area (Å²) in [4.78, 5) is 21.0. The van der Waals surface area contributed by atoms with E-state index in [0.29, 0.717) is 49.4 Å². The molecule has 0 aliphatic heterocycles. The fraction of sp³-hybridized carbons (Fsp3) is 0.656. The van der Waals surface area contributed by atoms with E-state index in [1.165, 1.54) is 0 Å². The molecule has 1 aromatic carbocycles. The number of nitrogens with zero attached hydrogens (tertiary/aromatic N) is 5. The average Bonchev–Trinajstić information content (AvgIpc) is 3.43. The van der Waals surface area contributed by atoms with Gasteiger partial charge in [0.1, 0.15) is 5.67 Å². The number of hydrogen-bond acceptors (Lipinski definition) is 7. The summed E-state index contributed by atoms with van der Waals surface area (Å²) in [5, 5.41) is 13.0. The molecule has 216 valence electrons. The summed E-state index contributed by atoms with van der Waals surface area (Å²) in [6.45, 7) is 6.92. The van der Waals surface area contributed by atoms with Crippen molar-refractivity contribution in [2.45, 2.75) is 114 Å². The first-order chi connectivity index (χ1) is 19.5. The molecule has 0 spiro atoms. The molecule has 0 atom stereocenters. The highest BCUT2D eigenvalue weighted by molar-refractivity contribution is 6.00. The molecule has 2 heterocycles. The van der Waals surface area contributed by atoms with E-state index in [0.717, 1.165) is 68.4 Å². The molecule has 0 unspecified atom stereocenters. The first kappa shape index (κ1) is 25.6. The lowest BCUT2D eigenvalue weighted by Crippen LogP contribution is -2.71. The highest BCUT2D eigenvalue weighted by Gasteiger charge is 2.73. The normalized spacial score (nSPS) is 33.8. The van der Waals surface area contributed by atoms with Crippen LogP contribution in [0.25, 0.3) is 11.5 Å². The van der Waals surface area contributed by atoms with Crippen molar-refractivity contribution >= 4 is 11.6 Å². The van der Waals surface area contributed by atoms with Crippen molar-refractivity contribution in [1.82, 2.24) is 20.3 Å². The smallest absolute Gasteiger partial charge is 0.247 e. The molecule has 0 radical (unpaired) electrons. The maximum absolute atomic E-state index is 14.6. The number of fused-ring (bicyclic) bond motifs is 3. The molecule has 7 fully saturated rings. The van der Waals surface area contributed by atoms with Crippen molar-refractivity contribution in [2.24, 2.45) is 10.8 Å². The molecule has 9 heteroatoms. The van der Waals surface area contributed by atoms with Gasteiger partial charge in [0.2, 0.25) is 23.6 Å². The van der Waals surface area contributed by atoms with Gasteiger partial charge in [-0.3, -0.25) is 4.79 Å². The lowest BCUT2D eigenvalue weighted by Gasteiger charge is -2.65. The zero-order chi connectivity index (χ0) is 28.3. The number of carbonyl (C=O) groups is 1. The van der Waals surface area contributed by atoms with E-state index in [9.17, 15) is 9.18 Å². The zero-order valence-corrected chi connectivity index (χ0v) is 24.2. The van der Waals surface area contributed by atoms with E-state index < -0.39 is 11.1 Å². The molecule has 8 nitrogen and oxygen atoms in total. The van der Waals surface area contributed by atoms with E-state index in [2.05, 4.69) is 36.1 Å². The molecule has 2 aromatic heterocycles. The Morgan fingerprint density at radius 2 is 1.76 bits per heavy atom. The SMILES string of the molecule is CC(C)(C)c1nc(C23CCC(CN(C(=O)C45CC(F)(C4)C5)c4cccc(-c5nnc(C6CC6)o5)c4)(CC2)CC3)no1. The third kappa shape index (κ3) is 4.01. The maximum Gasteiger partial charge on any atom is 0.247 e. The first-order valence-electron chi connectivity index (χ1n) is 15.3. The molecule has 10 rings (SSSR count). The molecular weight excluding hydrogens is 521 g/mol. The minimum atomic E-state index is -1.13. The standard InChI is InChI=1S/C32H38FN5O3/c1-28(2,3)26-34-25(37-41-26)30-12-9-29(10-13-30,11-14-30)19-38(27(39)31-16-32(33,17-31)18-31)22-6-4-5-21(15-22)24-36-35-23(40-24)20-7-8-20/h4-6,15,20H,7-14,16-19H2,1-3H3. The number of anilines is 1. The van der Waals surface area contributed by atoms with Crippen LogP contribution in [0.4, 0.5) is 10.1 Å². The van der Waals surface area contributed by atoms with Gasteiger partial charge in [-0.1, -0.05) is 32.0 Å².